The van der Waals surface area contributed by atoms with E-state index in [2.05, 4.69) is 23.9 Å². The first-order valence-electron chi connectivity index (χ1n) is 7.53. The quantitative estimate of drug-likeness (QED) is 0.819. The van der Waals surface area contributed by atoms with E-state index in [-0.39, 0.29) is 6.04 Å². The van der Waals surface area contributed by atoms with Gasteiger partial charge in [-0.15, -0.1) is 0 Å². The van der Waals surface area contributed by atoms with Crippen molar-refractivity contribution in [2.75, 3.05) is 0 Å². The van der Waals surface area contributed by atoms with Gasteiger partial charge in [0.05, 0.1) is 6.42 Å². The van der Waals surface area contributed by atoms with Crippen LogP contribution in [0.5, 0.6) is 0 Å². The molecule has 0 saturated heterocycles. The number of Topliss-reactive ketones (excluding diaryl/α,β-unsaturated/α-hetero) is 1. The minimum Gasteiger partial charge on any atom is -0.299 e. The summed E-state index contributed by atoms with van der Waals surface area (Å²) >= 11 is 0. The average Bonchev–Trinajstić information content (AvgIpc) is 3.03. The molecule has 3 unspecified atom stereocenters. The molecule has 104 valence electrons. The van der Waals surface area contributed by atoms with Crippen LogP contribution in [0.15, 0.2) is 6.33 Å². The van der Waals surface area contributed by atoms with Crippen molar-refractivity contribution in [2.45, 2.75) is 58.4 Å². The van der Waals surface area contributed by atoms with Gasteiger partial charge in [0.1, 0.15) is 17.9 Å². The Morgan fingerprint density at radius 2 is 2.26 bits per heavy atom. The molecule has 3 rings (SSSR count). The lowest BCUT2D eigenvalue weighted by molar-refractivity contribution is -0.119. The monoisotopic (exact) mass is 261 g/mol. The van der Waals surface area contributed by atoms with Crippen LogP contribution in [0.25, 0.3) is 0 Å². The molecule has 2 aliphatic carbocycles. The van der Waals surface area contributed by atoms with Gasteiger partial charge in [-0.05, 0) is 50.9 Å². The minimum atomic E-state index is 0.271. The number of carbonyl (C=O) groups excluding carboxylic acids is 1. The van der Waals surface area contributed by atoms with Gasteiger partial charge in [0.2, 0.25) is 0 Å². The molecule has 0 aromatic carbocycles. The summed E-state index contributed by atoms with van der Waals surface area (Å²) in [6.07, 6.45) is 8.17. The molecule has 4 nitrogen and oxygen atoms in total. The second-order valence-electron chi connectivity index (χ2n) is 6.57. The van der Waals surface area contributed by atoms with Gasteiger partial charge in [-0.25, -0.2) is 9.67 Å². The van der Waals surface area contributed by atoms with Crippen molar-refractivity contribution in [1.82, 2.24) is 14.8 Å². The zero-order chi connectivity index (χ0) is 13.4. The van der Waals surface area contributed by atoms with Crippen molar-refractivity contribution in [2.24, 2.45) is 17.8 Å². The summed E-state index contributed by atoms with van der Waals surface area (Å²) in [5, 5.41) is 4.19. The molecular formula is C15H23N3O. The third-order valence-corrected chi connectivity index (χ3v) is 4.87. The summed E-state index contributed by atoms with van der Waals surface area (Å²) < 4.78 is 1.86. The van der Waals surface area contributed by atoms with Crippen molar-refractivity contribution >= 4 is 5.78 Å². The van der Waals surface area contributed by atoms with Crippen LogP contribution in [0.2, 0.25) is 0 Å². The van der Waals surface area contributed by atoms with E-state index in [0.717, 1.165) is 24.1 Å². The van der Waals surface area contributed by atoms with E-state index < -0.39 is 0 Å². The van der Waals surface area contributed by atoms with Crippen LogP contribution in [0.1, 0.15) is 57.8 Å². The summed E-state index contributed by atoms with van der Waals surface area (Å²) in [6.45, 7) is 4.14. The first-order chi connectivity index (χ1) is 9.13. The zero-order valence-corrected chi connectivity index (χ0v) is 11.9. The Kier molecular flexibility index (Phi) is 3.42. The largest absolute Gasteiger partial charge is 0.299 e. The number of fused-ring (bicyclic) bond motifs is 2. The normalized spacial score (nSPS) is 29.3. The lowest BCUT2D eigenvalue weighted by atomic mass is 9.85. The molecule has 0 radical (unpaired) electrons. The Hall–Kier alpha value is -1.19. The van der Waals surface area contributed by atoms with E-state index in [1.807, 2.05) is 4.68 Å². The van der Waals surface area contributed by atoms with Gasteiger partial charge in [-0.1, -0.05) is 6.42 Å². The topological polar surface area (TPSA) is 47.8 Å². The molecule has 2 bridgehead atoms. The van der Waals surface area contributed by atoms with E-state index in [4.69, 9.17) is 0 Å². The van der Waals surface area contributed by atoms with E-state index >= 15 is 0 Å². The number of ketones is 1. The van der Waals surface area contributed by atoms with Gasteiger partial charge in [0, 0.05) is 12.5 Å². The minimum absolute atomic E-state index is 0.271. The lowest BCUT2D eigenvalue weighted by Gasteiger charge is -2.20. The molecule has 0 aliphatic heterocycles. The third-order valence-electron chi connectivity index (χ3n) is 4.87. The highest BCUT2D eigenvalue weighted by Gasteiger charge is 2.40. The van der Waals surface area contributed by atoms with E-state index in [1.165, 1.54) is 25.7 Å². The molecule has 1 aromatic heterocycles. The number of hydrogen-bond donors (Lipinski definition) is 0. The SMILES string of the molecule is CC(C)n1ncnc1CC(=O)CC1CC2CCC1C2. The number of nitrogens with zero attached hydrogens (tertiary/aromatic N) is 3. The van der Waals surface area contributed by atoms with Gasteiger partial charge < -0.3 is 0 Å². The molecule has 0 N–H and O–H groups in total. The first-order valence-corrected chi connectivity index (χ1v) is 7.53. The Bertz CT molecular complexity index is 466. The molecule has 3 atom stereocenters. The molecule has 2 saturated carbocycles. The Morgan fingerprint density at radius 3 is 2.89 bits per heavy atom. The highest BCUT2D eigenvalue weighted by Crippen LogP contribution is 2.49. The number of rotatable bonds is 5. The van der Waals surface area contributed by atoms with Crippen LogP contribution in [0.3, 0.4) is 0 Å². The van der Waals surface area contributed by atoms with Crippen LogP contribution in [-0.4, -0.2) is 20.5 Å². The van der Waals surface area contributed by atoms with Crippen molar-refractivity contribution in [3.63, 3.8) is 0 Å². The maximum atomic E-state index is 12.2. The van der Waals surface area contributed by atoms with Gasteiger partial charge >= 0.3 is 0 Å². The van der Waals surface area contributed by atoms with Crippen LogP contribution in [0.4, 0.5) is 0 Å². The van der Waals surface area contributed by atoms with Gasteiger partial charge in [-0.2, -0.15) is 5.10 Å². The van der Waals surface area contributed by atoms with Crippen LogP contribution in [-0.2, 0) is 11.2 Å². The van der Waals surface area contributed by atoms with Gasteiger partial charge in [0.15, 0.2) is 0 Å². The average molecular weight is 261 g/mol. The predicted molar refractivity (Wildman–Crippen MR) is 72.7 cm³/mol. The van der Waals surface area contributed by atoms with E-state index in [0.29, 0.717) is 18.1 Å². The second kappa shape index (κ2) is 5.06. The van der Waals surface area contributed by atoms with Crippen molar-refractivity contribution in [3.05, 3.63) is 12.2 Å². The molecule has 19 heavy (non-hydrogen) atoms. The van der Waals surface area contributed by atoms with Gasteiger partial charge in [-0.3, -0.25) is 4.79 Å². The number of carbonyl (C=O) groups is 1. The predicted octanol–water partition coefficient (Wildman–Crippen LogP) is 2.80. The zero-order valence-electron chi connectivity index (χ0n) is 11.9. The van der Waals surface area contributed by atoms with Crippen LogP contribution >= 0.6 is 0 Å². The summed E-state index contributed by atoms with van der Waals surface area (Å²) in [7, 11) is 0. The van der Waals surface area contributed by atoms with Gasteiger partial charge in [0.25, 0.3) is 0 Å². The summed E-state index contributed by atoms with van der Waals surface area (Å²) in [6, 6.07) is 0.271. The second-order valence-corrected chi connectivity index (χ2v) is 6.57. The molecule has 0 spiro atoms. The molecule has 4 heteroatoms. The number of hydrogen-bond acceptors (Lipinski definition) is 3. The van der Waals surface area contributed by atoms with E-state index in [9.17, 15) is 4.79 Å². The maximum absolute atomic E-state index is 12.2. The number of aromatic nitrogens is 3. The lowest BCUT2D eigenvalue weighted by Crippen LogP contribution is -2.18. The molecule has 1 aromatic rings. The molecule has 0 amide bonds. The summed E-state index contributed by atoms with van der Waals surface area (Å²) in [5.41, 5.74) is 0. The van der Waals surface area contributed by atoms with Crippen molar-refractivity contribution in [3.8, 4) is 0 Å². The maximum Gasteiger partial charge on any atom is 0.140 e. The van der Waals surface area contributed by atoms with E-state index in [1.54, 1.807) is 6.33 Å². The smallest absolute Gasteiger partial charge is 0.140 e. The third kappa shape index (κ3) is 2.58. The van der Waals surface area contributed by atoms with Crippen molar-refractivity contribution < 1.29 is 4.79 Å². The molecule has 1 heterocycles. The highest BCUT2D eigenvalue weighted by molar-refractivity contribution is 5.80. The Labute approximate surface area is 114 Å². The summed E-state index contributed by atoms with van der Waals surface area (Å²) in [5.74, 6) is 3.57. The molecule has 2 aliphatic rings. The Morgan fingerprint density at radius 1 is 1.42 bits per heavy atom. The van der Waals surface area contributed by atoms with Crippen LogP contribution < -0.4 is 0 Å². The molecule has 2 fully saturated rings. The standard InChI is InChI=1S/C15H23N3O/c1-10(2)18-15(16-9-17-18)8-14(19)7-13-6-11-3-4-12(13)5-11/h9-13H,3-8H2,1-2H3. The van der Waals surface area contributed by atoms with Crippen LogP contribution in [0, 0.1) is 17.8 Å². The fourth-order valence-electron chi connectivity index (χ4n) is 4.00. The highest BCUT2D eigenvalue weighted by atomic mass is 16.1. The Balaban J connectivity index is 1.58. The fraction of sp³-hybridized carbons (Fsp3) is 0.800. The first kappa shape index (κ1) is 12.8. The molecular weight excluding hydrogens is 238 g/mol. The summed E-state index contributed by atoms with van der Waals surface area (Å²) in [4.78, 5) is 16.5. The fourth-order valence-corrected chi connectivity index (χ4v) is 4.00. The van der Waals surface area contributed by atoms with Crippen molar-refractivity contribution in [1.29, 1.82) is 0 Å².